The van der Waals surface area contributed by atoms with Crippen LogP contribution in [0, 0.1) is 5.92 Å². The molecule has 0 spiro atoms. The minimum atomic E-state index is -0.170. The van der Waals surface area contributed by atoms with Crippen LogP contribution in [0.2, 0.25) is 0 Å². The van der Waals surface area contributed by atoms with Crippen LogP contribution in [0.3, 0.4) is 0 Å². The van der Waals surface area contributed by atoms with Gasteiger partial charge < -0.3 is 10.2 Å². The van der Waals surface area contributed by atoms with Crippen LogP contribution >= 0.6 is 11.8 Å². The summed E-state index contributed by atoms with van der Waals surface area (Å²) in [4.78, 5) is 34.4. The topological polar surface area (TPSA) is 104 Å². The second-order valence-corrected chi connectivity index (χ2v) is 6.84. The fraction of sp³-hybridized carbons (Fsp3) is 0.438. The standard InChI is InChI=1S/C16H20N6O2S/c23-14-5-4-12(9-22(14)10-13-3-1-2-6-17-13)15(24)18-7-8-25-16-19-11-20-21-16/h1-3,6,11-12H,4-5,7-10H2,(H,18,24)(H,19,20,21)/t12-/m1/s1. The second kappa shape index (κ2) is 8.61. The Labute approximate surface area is 149 Å². The molecule has 1 aliphatic heterocycles. The summed E-state index contributed by atoms with van der Waals surface area (Å²) in [5.41, 5.74) is 0.834. The predicted molar refractivity (Wildman–Crippen MR) is 92.5 cm³/mol. The molecule has 2 N–H and O–H groups in total. The van der Waals surface area contributed by atoms with Gasteiger partial charge in [-0.2, -0.15) is 5.10 Å². The van der Waals surface area contributed by atoms with Gasteiger partial charge >= 0.3 is 0 Å². The Morgan fingerprint density at radius 2 is 2.32 bits per heavy atom. The van der Waals surface area contributed by atoms with Gasteiger partial charge in [-0.15, -0.1) is 0 Å². The van der Waals surface area contributed by atoms with E-state index in [9.17, 15) is 9.59 Å². The molecule has 8 nitrogen and oxygen atoms in total. The van der Waals surface area contributed by atoms with Gasteiger partial charge in [0.2, 0.25) is 11.8 Å². The van der Waals surface area contributed by atoms with E-state index >= 15 is 0 Å². The Morgan fingerprint density at radius 1 is 1.40 bits per heavy atom. The molecule has 0 radical (unpaired) electrons. The van der Waals surface area contributed by atoms with Crippen LogP contribution in [0.5, 0.6) is 0 Å². The quantitative estimate of drug-likeness (QED) is 0.560. The van der Waals surface area contributed by atoms with Crippen LogP contribution in [0.15, 0.2) is 35.9 Å². The normalized spacial score (nSPS) is 17.5. The lowest BCUT2D eigenvalue weighted by Gasteiger charge is -2.31. The molecule has 0 aromatic carbocycles. The number of thioether (sulfide) groups is 1. The van der Waals surface area contributed by atoms with Crippen LogP contribution in [0.4, 0.5) is 0 Å². The number of carbonyl (C=O) groups is 2. The lowest BCUT2D eigenvalue weighted by atomic mass is 9.96. The van der Waals surface area contributed by atoms with Gasteiger partial charge in [-0.1, -0.05) is 17.8 Å². The molecule has 0 saturated carbocycles. The first kappa shape index (κ1) is 17.4. The van der Waals surface area contributed by atoms with Crippen molar-refractivity contribution in [3.63, 3.8) is 0 Å². The molecule has 2 amide bonds. The van der Waals surface area contributed by atoms with E-state index in [-0.39, 0.29) is 17.7 Å². The summed E-state index contributed by atoms with van der Waals surface area (Å²) in [5.74, 6) is 0.619. The molecular formula is C16H20N6O2S. The fourth-order valence-corrected chi connectivity index (χ4v) is 3.34. The monoisotopic (exact) mass is 360 g/mol. The van der Waals surface area contributed by atoms with Gasteiger partial charge in [0.1, 0.15) is 6.33 Å². The largest absolute Gasteiger partial charge is 0.355 e. The van der Waals surface area contributed by atoms with Crippen molar-refractivity contribution in [2.75, 3.05) is 18.8 Å². The third-order valence-electron chi connectivity index (χ3n) is 3.98. The summed E-state index contributed by atoms with van der Waals surface area (Å²) in [6.45, 7) is 1.44. The highest BCUT2D eigenvalue weighted by Gasteiger charge is 2.30. The van der Waals surface area contributed by atoms with Gasteiger partial charge in [0.25, 0.3) is 0 Å². The number of rotatable bonds is 7. The number of H-pyrrole nitrogens is 1. The number of aromatic amines is 1. The van der Waals surface area contributed by atoms with Crippen molar-refractivity contribution in [3.8, 4) is 0 Å². The summed E-state index contributed by atoms with van der Waals surface area (Å²) >= 11 is 1.50. The first-order valence-corrected chi connectivity index (χ1v) is 9.14. The van der Waals surface area contributed by atoms with E-state index < -0.39 is 0 Å². The Kier molecular flexibility index (Phi) is 5.99. The summed E-state index contributed by atoms with van der Waals surface area (Å²) in [5, 5.41) is 10.2. The van der Waals surface area contributed by atoms with Crippen molar-refractivity contribution >= 4 is 23.6 Å². The molecule has 1 saturated heterocycles. The number of pyridine rings is 1. The number of hydrogen-bond acceptors (Lipinski definition) is 6. The highest BCUT2D eigenvalue weighted by atomic mass is 32.2. The number of hydrogen-bond donors (Lipinski definition) is 2. The number of nitrogens with one attached hydrogen (secondary N) is 2. The molecule has 1 aliphatic rings. The Balaban J connectivity index is 1.45. The molecule has 1 atom stereocenters. The van der Waals surface area contributed by atoms with E-state index in [2.05, 4.69) is 25.5 Å². The fourth-order valence-electron chi connectivity index (χ4n) is 2.70. The molecular weight excluding hydrogens is 340 g/mol. The third kappa shape index (κ3) is 5.02. The summed E-state index contributed by atoms with van der Waals surface area (Å²) in [7, 11) is 0. The van der Waals surface area contributed by atoms with Crippen molar-refractivity contribution in [1.82, 2.24) is 30.4 Å². The van der Waals surface area contributed by atoms with Gasteiger partial charge in [0.05, 0.1) is 18.2 Å². The van der Waals surface area contributed by atoms with Gasteiger partial charge in [0, 0.05) is 31.5 Å². The lowest BCUT2D eigenvalue weighted by Crippen LogP contribution is -2.45. The van der Waals surface area contributed by atoms with Crippen molar-refractivity contribution < 1.29 is 9.59 Å². The van der Waals surface area contributed by atoms with Crippen molar-refractivity contribution in [2.45, 2.75) is 24.5 Å². The van der Waals surface area contributed by atoms with E-state index in [1.54, 1.807) is 11.1 Å². The molecule has 25 heavy (non-hydrogen) atoms. The molecule has 0 unspecified atom stereocenters. The predicted octanol–water partition coefficient (Wildman–Crippen LogP) is 0.847. The van der Waals surface area contributed by atoms with Crippen molar-refractivity contribution in [3.05, 3.63) is 36.4 Å². The van der Waals surface area contributed by atoms with Crippen LogP contribution in [0.1, 0.15) is 18.5 Å². The average molecular weight is 360 g/mol. The van der Waals surface area contributed by atoms with E-state index in [0.29, 0.717) is 38.2 Å². The molecule has 3 rings (SSSR count). The zero-order valence-corrected chi connectivity index (χ0v) is 14.5. The van der Waals surface area contributed by atoms with Crippen molar-refractivity contribution in [2.24, 2.45) is 5.92 Å². The summed E-state index contributed by atoms with van der Waals surface area (Å²) in [6.07, 6.45) is 4.16. The second-order valence-electron chi connectivity index (χ2n) is 5.76. The lowest BCUT2D eigenvalue weighted by molar-refractivity contribution is -0.138. The summed E-state index contributed by atoms with van der Waals surface area (Å²) < 4.78 is 0. The minimum Gasteiger partial charge on any atom is -0.355 e. The number of likely N-dealkylation sites (tertiary alicyclic amines) is 1. The molecule has 132 valence electrons. The number of nitrogens with zero attached hydrogens (tertiary/aromatic N) is 4. The molecule has 2 aromatic rings. The number of aromatic nitrogens is 4. The molecule has 0 bridgehead atoms. The highest BCUT2D eigenvalue weighted by Crippen LogP contribution is 2.19. The zero-order chi connectivity index (χ0) is 17.5. The van der Waals surface area contributed by atoms with Crippen LogP contribution in [-0.2, 0) is 16.1 Å². The minimum absolute atomic E-state index is 0.00306. The Bertz CT molecular complexity index is 694. The highest BCUT2D eigenvalue weighted by molar-refractivity contribution is 7.99. The first-order chi connectivity index (χ1) is 12.2. The molecule has 3 heterocycles. The maximum absolute atomic E-state index is 12.4. The molecule has 1 fully saturated rings. The number of piperidine rings is 1. The molecule has 0 aliphatic carbocycles. The van der Waals surface area contributed by atoms with Gasteiger partial charge in [-0.25, -0.2) is 4.98 Å². The van der Waals surface area contributed by atoms with Crippen LogP contribution in [0.25, 0.3) is 0 Å². The van der Waals surface area contributed by atoms with Crippen LogP contribution in [-0.4, -0.2) is 55.7 Å². The Hall–Kier alpha value is -2.42. The smallest absolute Gasteiger partial charge is 0.224 e. The summed E-state index contributed by atoms with van der Waals surface area (Å²) in [6, 6.07) is 5.62. The molecule has 9 heteroatoms. The number of carbonyl (C=O) groups excluding carboxylic acids is 2. The van der Waals surface area contributed by atoms with Crippen LogP contribution < -0.4 is 5.32 Å². The molecule has 2 aromatic heterocycles. The first-order valence-electron chi connectivity index (χ1n) is 8.16. The van der Waals surface area contributed by atoms with Crippen molar-refractivity contribution in [1.29, 1.82) is 0 Å². The van der Waals surface area contributed by atoms with E-state index in [0.717, 1.165) is 10.9 Å². The van der Waals surface area contributed by atoms with E-state index in [1.165, 1.54) is 18.1 Å². The van der Waals surface area contributed by atoms with E-state index in [4.69, 9.17) is 0 Å². The van der Waals surface area contributed by atoms with E-state index in [1.807, 2.05) is 18.2 Å². The maximum Gasteiger partial charge on any atom is 0.224 e. The van der Waals surface area contributed by atoms with Gasteiger partial charge in [-0.05, 0) is 18.6 Å². The third-order valence-corrected chi connectivity index (χ3v) is 4.86. The average Bonchev–Trinajstić information content (AvgIpc) is 3.15. The van der Waals surface area contributed by atoms with Gasteiger partial charge in [-0.3, -0.25) is 19.7 Å². The van der Waals surface area contributed by atoms with Gasteiger partial charge in [0.15, 0.2) is 5.16 Å². The SMILES string of the molecule is O=C(NCCSc1ncn[nH]1)[C@@H]1CCC(=O)N(Cc2ccccn2)C1. The zero-order valence-electron chi connectivity index (χ0n) is 13.7. The number of amides is 2. The maximum atomic E-state index is 12.4. The Morgan fingerprint density at radius 3 is 3.08 bits per heavy atom.